The van der Waals surface area contributed by atoms with Gasteiger partial charge in [-0.25, -0.2) is 8.42 Å². The van der Waals surface area contributed by atoms with E-state index in [1.165, 1.54) is 12.1 Å². The first kappa shape index (κ1) is 12.6. The fourth-order valence-corrected chi connectivity index (χ4v) is 4.51. The molecule has 0 amide bonds. The van der Waals surface area contributed by atoms with Crippen LogP contribution in [0.1, 0.15) is 12.0 Å². The lowest BCUT2D eigenvalue weighted by Gasteiger charge is -2.23. The molecule has 2 fully saturated rings. The van der Waals surface area contributed by atoms with E-state index in [9.17, 15) is 18.3 Å². The highest BCUT2D eigenvalue weighted by Gasteiger charge is 2.59. The topological polar surface area (TPSA) is 74.7 Å². The van der Waals surface area contributed by atoms with E-state index in [0.717, 1.165) is 16.3 Å². The molecule has 1 aliphatic carbocycles. The second kappa shape index (κ2) is 4.05. The van der Waals surface area contributed by atoms with E-state index in [4.69, 9.17) is 0 Å². The molecule has 1 saturated heterocycles. The molecule has 2 aliphatic rings. The van der Waals surface area contributed by atoms with Crippen molar-refractivity contribution in [3.63, 3.8) is 0 Å². The number of sulfonamides is 1. The number of rotatable bonds is 3. The minimum absolute atomic E-state index is 0.00211. The molecule has 1 heterocycles. The number of aliphatic carboxylic acids is 1. The molecule has 3 atom stereocenters. The number of carboxylic acid groups (broad SMARTS) is 1. The van der Waals surface area contributed by atoms with Gasteiger partial charge in [0.2, 0.25) is 10.0 Å². The minimum atomic E-state index is -3.70. The number of benzene rings is 1. The van der Waals surface area contributed by atoms with E-state index in [1.54, 1.807) is 12.1 Å². The number of aryl methyl sites for hydroxylation is 1. The predicted octanol–water partition coefficient (Wildman–Crippen LogP) is 1.09. The van der Waals surface area contributed by atoms with Crippen LogP contribution in [0.5, 0.6) is 0 Å². The zero-order valence-electron chi connectivity index (χ0n) is 10.5. The van der Waals surface area contributed by atoms with Crippen LogP contribution in [0, 0.1) is 18.8 Å². The minimum Gasteiger partial charge on any atom is -0.480 e. The van der Waals surface area contributed by atoms with E-state index >= 15 is 0 Å². The number of nitrogens with zero attached hydrogens (tertiary/aromatic N) is 1. The molecule has 0 radical (unpaired) electrons. The number of hydrogen-bond acceptors (Lipinski definition) is 3. The normalized spacial score (nSPS) is 30.1. The van der Waals surface area contributed by atoms with Gasteiger partial charge in [-0.2, -0.15) is 4.31 Å². The Hall–Kier alpha value is -1.40. The standard InChI is InChI=1S/C13H15NO4S/c1-8-2-4-10(5-3-8)19(17,18)14-7-9-6-11(9)12(14)13(15)16/h2-5,9,11-12H,6-7H2,1H3,(H,15,16)/t9-,11-,12-/m0/s1. The van der Waals surface area contributed by atoms with Crippen LogP contribution in [0.3, 0.4) is 0 Å². The van der Waals surface area contributed by atoms with E-state index in [-0.39, 0.29) is 16.7 Å². The first-order valence-corrected chi connectivity index (χ1v) is 7.66. The van der Waals surface area contributed by atoms with Gasteiger partial charge in [0.1, 0.15) is 6.04 Å². The third-order valence-corrected chi connectivity index (χ3v) is 5.85. The third kappa shape index (κ3) is 1.95. The van der Waals surface area contributed by atoms with Gasteiger partial charge in [0.05, 0.1) is 4.90 Å². The van der Waals surface area contributed by atoms with Crippen LogP contribution < -0.4 is 0 Å². The first-order valence-electron chi connectivity index (χ1n) is 6.22. The highest BCUT2D eigenvalue weighted by molar-refractivity contribution is 7.89. The Morgan fingerprint density at radius 1 is 1.32 bits per heavy atom. The van der Waals surface area contributed by atoms with Crippen molar-refractivity contribution in [2.75, 3.05) is 6.54 Å². The fourth-order valence-electron chi connectivity index (χ4n) is 2.83. The monoisotopic (exact) mass is 281 g/mol. The Bertz CT molecular complexity index is 623. The fraction of sp³-hybridized carbons (Fsp3) is 0.462. The Balaban J connectivity index is 1.96. The average Bonchev–Trinajstić information content (AvgIpc) is 2.99. The smallest absolute Gasteiger partial charge is 0.322 e. The summed E-state index contributed by atoms with van der Waals surface area (Å²) in [5.74, 6) is -0.820. The summed E-state index contributed by atoms with van der Waals surface area (Å²) in [7, 11) is -3.70. The van der Waals surface area contributed by atoms with Crippen LogP contribution in [0.15, 0.2) is 29.2 Å². The van der Waals surface area contributed by atoms with E-state index < -0.39 is 22.0 Å². The lowest BCUT2D eigenvalue weighted by atomic mass is 10.2. The maximum atomic E-state index is 12.5. The Kier molecular flexibility index (Phi) is 2.69. The quantitative estimate of drug-likeness (QED) is 0.900. The summed E-state index contributed by atoms with van der Waals surface area (Å²) in [6.07, 6.45) is 0.830. The zero-order valence-corrected chi connectivity index (χ0v) is 11.3. The van der Waals surface area contributed by atoms with Crippen molar-refractivity contribution >= 4 is 16.0 Å². The van der Waals surface area contributed by atoms with Crippen LogP contribution in [0.2, 0.25) is 0 Å². The molecular weight excluding hydrogens is 266 g/mol. The summed E-state index contributed by atoms with van der Waals surface area (Å²) in [5.41, 5.74) is 0.970. The number of piperidine rings is 1. The molecule has 102 valence electrons. The molecule has 1 saturated carbocycles. The molecule has 0 bridgehead atoms. The SMILES string of the molecule is Cc1ccc(S(=O)(=O)N2C[C@@H]3C[C@@H]3[C@H]2C(=O)O)cc1. The van der Waals surface area contributed by atoms with Crippen molar-refractivity contribution in [1.82, 2.24) is 4.31 Å². The van der Waals surface area contributed by atoms with E-state index in [1.807, 2.05) is 6.92 Å². The molecule has 0 unspecified atom stereocenters. The van der Waals surface area contributed by atoms with Gasteiger partial charge in [0.15, 0.2) is 0 Å². The number of carbonyl (C=O) groups is 1. The molecular formula is C13H15NO4S. The zero-order chi connectivity index (χ0) is 13.8. The summed E-state index contributed by atoms with van der Waals surface area (Å²) in [4.78, 5) is 11.4. The number of fused-ring (bicyclic) bond motifs is 1. The molecule has 1 aliphatic heterocycles. The molecule has 1 N–H and O–H groups in total. The molecule has 0 spiro atoms. The summed E-state index contributed by atoms with van der Waals surface area (Å²) >= 11 is 0. The molecule has 0 aromatic heterocycles. The van der Waals surface area contributed by atoms with Gasteiger partial charge in [-0.1, -0.05) is 17.7 Å². The van der Waals surface area contributed by atoms with Crippen LogP contribution in [0.25, 0.3) is 0 Å². The lowest BCUT2D eigenvalue weighted by molar-refractivity contribution is -0.141. The average molecular weight is 281 g/mol. The number of hydrogen-bond donors (Lipinski definition) is 1. The maximum Gasteiger partial charge on any atom is 0.322 e. The highest BCUT2D eigenvalue weighted by atomic mass is 32.2. The summed E-state index contributed by atoms with van der Waals surface area (Å²) in [6, 6.07) is 5.62. The van der Waals surface area contributed by atoms with Gasteiger partial charge in [-0.15, -0.1) is 0 Å². The Morgan fingerprint density at radius 2 is 1.95 bits per heavy atom. The summed E-state index contributed by atoms with van der Waals surface area (Å²) < 4.78 is 26.1. The summed E-state index contributed by atoms with van der Waals surface area (Å²) in [5, 5.41) is 9.23. The molecule has 1 aromatic rings. The molecule has 1 aromatic carbocycles. The van der Waals surface area contributed by atoms with Crippen molar-refractivity contribution < 1.29 is 18.3 Å². The van der Waals surface area contributed by atoms with Gasteiger partial charge >= 0.3 is 5.97 Å². The van der Waals surface area contributed by atoms with Gasteiger partial charge in [0.25, 0.3) is 0 Å². The number of carboxylic acids is 1. The van der Waals surface area contributed by atoms with Gasteiger partial charge in [-0.3, -0.25) is 4.79 Å². The van der Waals surface area contributed by atoms with Crippen LogP contribution in [0.4, 0.5) is 0 Å². The molecule has 19 heavy (non-hydrogen) atoms. The molecule has 5 nitrogen and oxygen atoms in total. The van der Waals surface area contributed by atoms with Crippen LogP contribution >= 0.6 is 0 Å². The van der Waals surface area contributed by atoms with Gasteiger partial charge in [0, 0.05) is 6.54 Å². The van der Waals surface area contributed by atoms with Crippen molar-refractivity contribution in [1.29, 1.82) is 0 Å². The van der Waals surface area contributed by atoms with Crippen LogP contribution in [-0.2, 0) is 14.8 Å². The summed E-state index contributed by atoms with van der Waals surface area (Å²) in [6.45, 7) is 2.21. The van der Waals surface area contributed by atoms with Crippen molar-refractivity contribution in [2.45, 2.75) is 24.3 Å². The first-order chi connectivity index (χ1) is 8.91. The largest absolute Gasteiger partial charge is 0.480 e. The molecule has 6 heteroatoms. The van der Waals surface area contributed by atoms with Crippen LogP contribution in [-0.4, -0.2) is 36.4 Å². The maximum absolute atomic E-state index is 12.5. The molecule has 3 rings (SSSR count). The van der Waals surface area contributed by atoms with Crippen molar-refractivity contribution in [3.8, 4) is 0 Å². The van der Waals surface area contributed by atoms with E-state index in [2.05, 4.69) is 0 Å². The Morgan fingerprint density at radius 3 is 2.53 bits per heavy atom. The second-order valence-corrected chi connectivity index (χ2v) is 7.22. The third-order valence-electron chi connectivity index (χ3n) is 3.99. The van der Waals surface area contributed by atoms with Gasteiger partial charge in [-0.05, 0) is 37.3 Å². The van der Waals surface area contributed by atoms with Crippen molar-refractivity contribution in [3.05, 3.63) is 29.8 Å². The Labute approximate surface area is 111 Å². The lowest BCUT2D eigenvalue weighted by Crippen LogP contribution is -2.43. The van der Waals surface area contributed by atoms with Crippen molar-refractivity contribution in [2.24, 2.45) is 11.8 Å². The second-order valence-electron chi connectivity index (χ2n) is 5.33. The van der Waals surface area contributed by atoms with E-state index in [0.29, 0.717) is 6.54 Å². The van der Waals surface area contributed by atoms with Gasteiger partial charge < -0.3 is 5.11 Å². The highest BCUT2D eigenvalue weighted by Crippen LogP contribution is 2.51. The predicted molar refractivity (Wildman–Crippen MR) is 68.1 cm³/mol.